The first-order valence-electron chi connectivity index (χ1n) is 2.50. The van der Waals surface area contributed by atoms with Crippen LogP contribution in [-0.2, 0) is 17.1 Å². The fraction of sp³-hybridized carbons (Fsp3) is 0. The molecule has 0 aromatic carbocycles. The third-order valence-corrected chi connectivity index (χ3v) is 0.946. The van der Waals surface area contributed by atoms with E-state index in [0.717, 1.165) is 0 Å². The van der Waals surface area contributed by atoms with Crippen LogP contribution in [0.2, 0.25) is 0 Å². The van der Waals surface area contributed by atoms with Gasteiger partial charge >= 0.3 is 17.1 Å². The molecule has 0 aliphatic heterocycles. The largest absolute Gasteiger partial charge is 2.00 e. The molecule has 12 heavy (non-hydrogen) atoms. The van der Waals surface area contributed by atoms with Crippen LogP contribution in [0, 0.1) is 0 Å². The number of pyridine rings is 1. The zero-order valence-electron chi connectivity index (χ0n) is 5.85. The van der Waals surface area contributed by atoms with Crippen molar-refractivity contribution in [3.05, 3.63) is 30.1 Å². The minimum absolute atomic E-state index is 0. The van der Waals surface area contributed by atoms with Gasteiger partial charge in [-0.25, -0.2) is 0 Å². The Morgan fingerprint density at radius 1 is 1.42 bits per heavy atom. The van der Waals surface area contributed by atoms with Crippen molar-refractivity contribution in [2.75, 3.05) is 0 Å². The minimum atomic E-state index is -0.442. The molecule has 68 valence electrons. The number of halogens is 2. The van der Waals surface area contributed by atoms with E-state index in [-0.39, 0.29) is 41.9 Å². The van der Waals surface area contributed by atoms with Gasteiger partial charge in [-0.1, -0.05) is 0 Å². The van der Waals surface area contributed by atoms with Gasteiger partial charge in [0.1, 0.15) is 0 Å². The molecule has 1 aromatic heterocycles. The van der Waals surface area contributed by atoms with Gasteiger partial charge in [0.15, 0.2) is 0 Å². The van der Waals surface area contributed by atoms with Crippen molar-refractivity contribution < 1.29 is 46.7 Å². The number of carbonyl (C=O) groups excluding carboxylic acids is 1. The van der Waals surface area contributed by atoms with Crippen LogP contribution in [0.3, 0.4) is 0 Å². The van der Waals surface area contributed by atoms with Gasteiger partial charge in [-0.2, -0.15) is 0 Å². The molecule has 2 N–H and O–H groups in total. The first kappa shape index (κ1) is 17.7. The van der Waals surface area contributed by atoms with Gasteiger partial charge < -0.3 is 30.5 Å². The Labute approximate surface area is 93.4 Å². The molecule has 0 unspecified atom stereocenters. The van der Waals surface area contributed by atoms with Gasteiger partial charge in [0.2, 0.25) is 5.91 Å². The van der Waals surface area contributed by atoms with E-state index < -0.39 is 5.91 Å². The van der Waals surface area contributed by atoms with E-state index in [1.807, 2.05) is 0 Å². The smallest absolute Gasteiger partial charge is 1.00 e. The Balaban J connectivity index is -0.000000270. The van der Waals surface area contributed by atoms with Crippen molar-refractivity contribution in [1.29, 1.82) is 0 Å². The molecule has 1 aromatic rings. The maximum Gasteiger partial charge on any atom is 2.00 e. The monoisotopic (exact) mass is 248 g/mol. The maximum atomic E-state index is 10.4. The molecule has 0 spiro atoms. The Morgan fingerprint density at radius 2 is 2.00 bits per heavy atom. The fourth-order valence-corrected chi connectivity index (χ4v) is 0.509. The van der Waals surface area contributed by atoms with Gasteiger partial charge in [0, 0.05) is 12.4 Å². The summed E-state index contributed by atoms with van der Waals surface area (Å²) in [7, 11) is 0. The average molecular weight is 249 g/mol. The summed E-state index contributed by atoms with van der Waals surface area (Å²) in [6.07, 6.45) is 3.02. The molecule has 1 amide bonds. The molecule has 0 aliphatic carbocycles. The summed E-state index contributed by atoms with van der Waals surface area (Å²) in [5.74, 6) is -0.442. The van der Waals surface area contributed by atoms with Crippen LogP contribution >= 0.6 is 0 Å². The van der Waals surface area contributed by atoms with E-state index in [1.165, 1.54) is 6.20 Å². The number of rotatable bonds is 1. The zero-order chi connectivity index (χ0) is 6.69. The molecule has 0 saturated carbocycles. The quantitative estimate of drug-likeness (QED) is 0.504. The molecule has 0 atom stereocenters. The summed E-state index contributed by atoms with van der Waals surface area (Å²) in [6.45, 7) is 0. The molecule has 3 nitrogen and oxygen atoms in total. The maximum absolute atomic E-state index is 10.4. The third kappa shape index (κ3) is 5.38. The topological polar surface area (TPSA) is 56.0 Å². The Hall–Kier alpha value is -0.281. The predicted molar refractivity (Wildman–Crippen MR) is 32.8 cm³/mol. The zero-order valence-corrected chi connectivity index (χ0v) is 8.47. The first-order valence-corrected chi connectivity index (χ1v) is 2.50. The van der Waals surface area contributed by atoms with Crippen molar-refractivity contribution in [2.45, 2.75) is 0 Å². The van der Waals surface area contributed by atoms with Gasteiger partial charge in [-0.05, 0) is 12.1 Å². The standard InChI is InChI=1S/C6H6N2O.2ClH.Fe/c7-6(9)5-2-1-3-8-4-5;;;/h1-4H,(H2,7,9);2*1H;/q;;;+2/p-2. The van der Waals surface area contributed by atoms with Crippen LogP contribution < -0.4 is 30.5 Å². The van der Waals surface area contributed by atoms with Crippen LogP contribution in [0.5, 0.6) is 0 Å². The number of carbonyl (C=O) groups is 1. The summed E-state index contributed by atoms with van der Waals surface area (Å²) in [5, 5.41) is 0. The number of nitrogens with zero attached hydrogens (tertiary/aromatic N) is 1. The summed E-state index contributed by atoms with van der Waals surface area (Å²) in [5.41, 5.74) is 5.38. The number of hydrogen-bond acceptors (Lipinski definition) is 2. The second-order valence-corrected chi connectivity index (χ2v) is 1.61. The molecule has 1 rings (SSSR count). The molecule has 0 fully saturated rings. The van der Waals surface area contributed by atoms with Crippen molar-refractivity contribution >= 4 is 5.91 Å². The average Bonchev–Trinajstić information content (AvgIpc) is 1.90. The second-order valence-electron chi connectivity index (χ2n) is 1.61. The number of nitrogens with two attached hydrogens (primary N) is 1. The van der Waals surface area contributed by atoms with Crippen LogP contribution in [0.1, 0.15) is 10.4 Å². The molecule has 0 radical (unpaired) electrons. The van der Waals surface area contributed by atoms with Crippen LogP contribution in [0.15, 0.2) is 24.5 Å². The number of aromatic nitrogens is 1. The molecule has 0 bridgehead atoms. The second kappa shape index (κ2) is 8.81. The van der Waals surface area contributed by atoms with Gasteiger partial charge in [0.05, 0.1) is 5.56 Å². The molecule has 1 heterocycles. The number of amides is 1. The SMILES string of the molecule is NC(=O)c1cccnc1.[Cl-].[Cl-].[Fe+2]. The molecular weight excluding hydrogens is 243 g/mol. The van der Waals surface area contributed by atoms with Gasteiger partial charge in [0.25, 0.3) is 0 Å². The Kier molecular flexibility index (Phi) is 13.0. The van der Waals surface area contributed by atoms with E-state index >= 15 is 0 Å². The Bertz CT molecular complexity index is 220. The molecular formula is C6H6Cl2FeN2O. The summed E-state index contributed by atoms with van der Waals surface area (Å²) in [6, 6.07) is 3.29. The Morgan fingerprint density at radius 3 is 2.25 bits per heavy atom. The number of primary amides is 1. The summed E-state index contributed by atoms with van der Waals surface area (Å²) in [4.78, 5) is 14.1. The van der Waals surface area contributed by atoms with Gasteiger partial charge in [-0.15, -0.1) is 0 Å². The molecule has 0 saturated heterocycles. The van der Waals surface area contributed by atoms with Crippen molar-refractivity contribution in [3.63, 3.8) is 0 Å². The van der Waals surface area contributed by atoms with Crippen molar-refractivity contribution in [2.24, 2.45) is 5.73 Å². The first-order chi connectivity index (χ1) is 4.30. The predicted octanol–water partition coefficient (Wildman–Crippen LogP) is -5.81. The van der Waals surface area contributed by atoms with Crippen LogP contribution in [0.25, 0.3) is 0 Å². The minimum Gasteiger partial charge on any atom is -1.00 e. The number of hydrogen-bond donors (Lipinski definition) is 1. The summed E-state index contributed by atoms with van der Waals surface area (Å²) < 4.78 is 0. The summed E-state index contributed by atoms with van der Waals surface area (Å²) >= 11 is 0. The molecule has 0 aliphatic rings. The van der Waals surface area contributed by atoms with E-state index in [1.54, 1.807) is 18.3 Å². The van der Waals surface area contributed by atoms with Crippen LogP contribution in [-0.4, -0.2) is 10.9 Å². The van der Waals surface area contributed by atoms with E-state index in [2.05, 4.69) is 4.98 Å². The molecule has 6 heteroatoms. The van der Waals surface area contributed by atoms with Gasteiger partial charge in [-0.3, -0.25) is 9.78 Å². The fourth-order valence-electron chi connectivity index (χ4n) is 0.509. The van der Waals surface area contributed by atoms with E-state index in [9.17, 15) is 4.79 Å². The van der Waals surface area contributed by atoms with Crippen molar-refractivity contribution in [1.82, 2.24) is 4.98 Å². The van der Waals surface area contributed by atoms with E-state index in [4.69, 9.17) is 5.73 Å². The van der Waals surface area contributed by atoms with Crippen molar-refractivity contribution in [3.8, 4) is 0 Å². The van der Waals surface area contributed by atoms with Crippen LogP contribution in [0.4, 0.5) is 0 Å². The third-order valence-electron chi connectivity index (χ3n) is 0.946. The normalized spacial score (nSPS) is 6.67. The van der Waals surface area contributed by atoms with E-state index in [0.29, 0.717) is 5.56 Å².